The average Bonchev–Trinajstić information content (AvgIpc) is 2.98. The lowest BCUT2D eigenvalue weighted by molar-refractivity contribution is -0.137. The fourth-order valence-corrected chi connectivity index (χ4v) is 3.46. The third-order valence-corrected chi connectivity index (χ3v) is 5.13. The molecule has 2 N–H and O–H groups in total. The maximum absolute atomic E-state index is 13.8. The number of benzene rings is 2. The predicted octanol–water partition coefficient (Wildman–Crippen LogP) is 3.30. The summed E-state index contributed by atoms with van der Waals surface area (Å²) in [5.41, 5.74) is -2.08. The summed E-state index contributed by atoms with van der Waals surface area (Å²) in [4.78, 5) is 25.0. The molecule has 0 aliphatic carbocycles. The van der Waals surface area contributed by atoms with Gasteiger partial charge in [-0.25, -0.2) is 8.78 Å². The van der Waals surface area contributed by atoms with Gasteiger partial charge in [-0.05, 0) is 17.7 Å². The van der Waals surface area contributed by atoms with Crippen LogP contribution in [-0.2, 0) is 27.7 Å². The van der Waals surface area contributed by atoms with E-state index in [4.69, 9.17) is 0 Å². The van der Waals surface area contributed by atoms with Crippen LogP contribution in [0.15, 0.2) is 42.5 Å². The fraction of sp³-hybridized carbons (Fsp3) is 0.300. The van der Waals surface area contributed by atoms with Crippen molar-refractivity contribution in [1.82, 2.24) is 10.6 Å². The molecule has 0 aromatic heterocycles. The maximum Gasteiger partial charge on any atom is 0.416 e. The van der Waals surface area contributed by atoms with E-state index < -0.39 is 46.5 Å². The first-order valence-corrected chi connectivity index (χ1v) is 8.70. The molecule has 0 spiro atoms. The summed E-state index contributed by atoms with van der Waals surface area (Å²) in [5.74, 6) is -4.97. The molecule has 1 saturated heterocycles. The van der Waals surface area contributed by atoms with Gasteiger partial charge in [0.1, 0.15) is 5.92 Å². The van der Waals surface area contributed by atoms with Crippen LogP contribution in [0.3, 0.4) is 0 Å². The molecule has 1 aliphatic heterocycles. The Morgan fingerprint density at radius 3 is 2.59 bits per heavy atom. The number of rotatable bonds is 4. The number of amides is 2. The summed E-state index contributed by atoms with van der Waals surface area (Å²) in [6, 6.07) is 7.92. The second kappa shape index (κ2) is 7.46. The number of carbonyl (C=O) groups excluding carboxylic acids is 2. The molecule has 2 aromatic carbocycles. The van der Waals surface area contributed by atoms with Gasteiger partial charge in [-0.2, -0.15) is 13.2 Å². The Bertz CT molecular complexity index is 960. The van der Waals surface area contributed by atoms with Crippen molar-refractivity contribution in [1.29, 1.82) is 0 Å². The largest absolute Gasteiger partial charge is 0.416 e. The summed E-state index contributed by atoms with van der Waals surface area (Å²) in [6.45, 7) is 1.10. The van der Waals surface area contributed by atoms with Crippen LogP contribution < -0.4 is 10.6 Å². The molecule has 4 nitrogen and oxygen atoms in total. The molecule has 0 bridgehead atoms. The van der Waals surface area contributed by atoms with E-state index in [1.807, 2.05) is 0 Å². The van der Waals surface area contributed by atoms with E-state index in [-0.39, 0.29) is 24.2 Å². The maximum atomic E-state index is 13.8. The average molecular weight is 412 g/mol. The molecule has 29 heavy (non-hydrogen) atoms. The van der Waals surface area contributed by atoms with Crippen molar-refractivity contribution in [2.24, 2.45) is 5.92 Å². The monoisotopic (exact) mass is 412 g/mol. The summed E-state index contributed by atoms with van der Waals surface area (Å²) >= 11 is 0. The van der Waals surface area contributed by atoms with Gasteiger partial charge in [0.25, 0.3) is 0 Å². The van der Waals surface area contributed by atoms with E-state index in [9.17, 15) is 31.5 Å². The third kappa shape index (κ3) is 3.94. The van der Waals surface area contributed by atoms with Crippen molar-refractivity contribution < 1.29 is 31.5 Å². The smallest absolute Gasteiger partial charge is 0.354 e. The van der Waals surface area contributed by atoms with Crippen molar-refractivity contribution in [3.8, 4) is 0 Å². The number of hydrogen-bond donors (Lipinski definition) is 2. The van der Waals surface area contributed by atoms with E-state index in [0.717, 1.165) is 18.2 Å². The quantitative estimate of drug-likeness (QED) is 0.598. The van der Waals surface area contributed by atoms with Crippen LogP contribution in [0.2, 0.25) is 0 Å². The van der Waals surface area contributed by atoms with E-state index in [2.05, 4.69) is 10.6 Å². The van der Waals surface area contributed by atoms with Crippen molar-refractivity contribution >= 4 is 11.8 Å². The van der Waals surface area contributed by atoms with E-state index in [0.29, 0.717) is 0 Å². The first-order chi connectivity index (χ1) is 13.5. The highest BCUT2D eigenvalue weighted by Crippen LogP contribution is 2.39. The van der Waals surface area contributed by atoms with Gasteiger partial charge in [-0.3, -0.25) is 9.59 Å². The minimum atomic E-state index is -4.57. The number of alkyl halides is 3. The van der Waals surface area contributed by atoms with Crippen molar-refractivity contribution in [2.45, 2.75) is 25.1 Å². The zero-order valence-corrected chi connectivity index (χ0v) is 15.2. The van der Waals surface area contributed by atoms with Crippen LogP contribution in [0.25, 0.3) is 0 Å². The molecular formula is C20H17F5N2O2. The molecule has 1 heterocycles. The highest BCUT2D eigenvalue weighted by Gasteiger charge is 2.50. The number of halogens is 5. The second-order valence-electron chi connectivity index (χ2n) is 7.08. The Hall–Kier alpha value is -2.97. The zero-order chi connectivity index (χ0) is 21.4. The molecule has 1 fully saturated rings. The molecule has 2 amide bonds. The molecule has 0 unspecified atom stereocenters. The molecule has 154 valence electrons. The van der Waals surface area contributed by atoms with Gasteiger partial charge >= 0.3 is 6.18 Å². The minimum absolute atomic E-state index is 0.0421. The van der Waals surface area contributed by atoms with Gasteiger partial charge in [0, 0.05) is 24.1 Å². The summed E-state index contributed by atoms with van der Waals surface area (Å²) in [5, 5.41) is 4.88. The summed E-state index contributed by atoms with van der Waals surface area (Å²) < 4.78 is 66.3. The zero-order valence-electron chi connectivity index (χ0n) is 15.2. The van der Waals surface area contributed by atoms with Crippen LogP contribution in [0.5, 0.6) is 0 Å². The normalized spacial score (nSPS) is 21.7. The van der Waals surface area contributed by atoms with Gasteiger partial charge in [0.05, 0.1) is 5.56 Å². The first-order valence-electron chi connectivity index (χ1n) is 8.70. The molecule has 2 aromatic rings. The van der Waals surface area contributed by atoms with Crippen LogP contribution in [0.4, 0.5) is 22.0 Å². The summed E-state index contributed by atoms with van der Waals surface area (Å²) in [6.07, 6.45) is -4.57. The molecule has 0 radical (unpaired) electrons. The van der Waals surface area contributed by atoms with Gasteiger partial charge in [-0.1, -0.05) is 37.3 Å². The Labute approximate surface area is 163 Å². The topological polar surface area (TPSA) is 58.2 Å². The minimum Gasteiger partial charge on any atom is -0.354 e. The van der Waals surface area contributed by atoms with Crippen LogP contribution in [0.1, 0.15) is 23.6 Å². The Morgan fingerprint density at radius 2 is 1.90 bits per heavy atom. The highest BCUT2D eigenvalue weighted by molar-refractivity contribution is 6.03. The van der Waals surface area contributed by atoms with E-state index >= 15 is 0 Å². The van der Waals surface area contributed by atoms with Gasteiger partial charge < -0.3 is 10.6 Å². The van der Waals surface area contributed by atoms with Gasteiger partial charge in [0.2, 0.25) is 11.8 Å². The molecule has 0 saturated carbocycles. The van der Waals surface area contributed by atoms with Crippen molar-refractivity contribution in [3.63, 3.8) is 0 Å². The van der Waals surface area contributed by atoms with Crippen LogP contribution >= 0.6 is 0 Å². The molecule has 2 atom stereocenters. The standard InChI is InChI=1S/C20H17F5N2O2/c1-19(12-5-3-6-13(8-12)20(23,24)25)10-27-18(29)15(19)17(28)26-9-11-4-2-7-14(21)16(11)22/h2-8,15H,9-10H2,1H3,(H,26,28)(H,27,29)/t15-,19-/m0/s1. The Morgan fingerprint density at radius 1 is 1.21 bits per heavy atom. The fourth-order valence-electron chi connectivity index (χ4n) is 3.46. The van der Waals surface area contributed by atoms with Crippen molar-refractivity contribution in [3.05, 3.63) is 70.8 Å². The lowest BCUT2D eigenvalue weighted by Crippen LogP contribution is -2.44. The highest BCUT2D eigenvalue weighted by atomic mass is 19.4. The number of carbonyl (C=O) groups is 2. The molecule has 3 rings (SSSR count). The van der Waals surface area contributed by atoms with Crippen molar-refractivity contribution in [2.75, 3.05) is 6.54 Å². The Balaban J connectivity index is 1.86. The second-order valence-corrected chi connectivity index (χ2v) is 7.08. The molecule has 1 aliphatic rings. The Kier molecular flexibility index (Phi) is 5.34. The summed E-state index contributed by atoms with van der Waals surface area (Å²) in [7, 11) is 0. The van der Waals surface area contributed by atoms with Gasteiger partial charge in [0.15, 0.2) is 11.6 Å². The molecular weight excluding hydrogens is 395 g/mol. The lowest BCUT2D eigenvalue weighted by Gasteiger charge is -2.29. The predicted molar refractivity (Wildman–Crippen MR) is 93.5 cm³/mol. The number of nitrogens with one attached hydrogen (secondary N) is 2. The van der Waals surface area contributed by atoms with Gasteiger partial charge in [-0.15, -0.1) is 0 Å². The van der Waals surface area contributed by atoms with E-state index in [1.54, 1.807) is 0 Å². The SMILES string of the molecule is C[C@@]1(c2cccc(C(F)(F)F)c2)CNC(=O)[C@@H]1C(=O)NCc1cccc(F)c1F. The first kappa shape index (κ1) is 20.8. The van der Waals surface area contributed by atoms with Crippen LogP contribution in [-0.4, -0.2) is 18.4 Å². The lowest BCUT2D eigenvalue weighted by atomic mass is 9.73. The third-order valence-electron chi connectivity index (χ3n) is 5.13. The number of hydrogen-bond acceptors (Lipinski definition) is 2. The van der Waals surface area contributed by atoms with E-state index in [1.165, 1.54) is 31.2 Å². The van der Waals surface area contributed by atoms with Crippen LogP contribution in [0, 0.1) is 17.6 Å². The molecule has 9 heteroatoms.